The zero-order valence-electron chi connectivity index (χ0n) is 13.4. The van der Waals surface area contributed by atoms with Crippen LogP contribution in [-0.4, -0.2) is 17.9 Å². The Morgan fingerprint density at radius 1 is 1.17 bits per heavy atom. The predicted octanol–water partition coefficient (Wildman–Crippen LogP) is 3.17. The third-order valence-corrected chi connectivity index (χ3v) is 4.22. The lowest BCUT2D eigenvalue weighted by Crippen LogP contribution is -2.44. The average Bonchev–Trinajstić information content (AvgIpc) is 2.95. The van der Waals surface area contributed by atoms with Gasteiger partial charge in [0.15, 0.2) is 0 Å². The number of hydrogen-bond acceptors (Lipinski definition) is 2. The van der Waals surface area contributed by atoms with E-state index in [9.17, 15) is 9.59 Å². The Kier molecular flexibility index (Phi) is 4.15. The van der Waals surface area contributed by atoms with E-state index in [2.05, 4.69) is 12.2 Å². The molecule has 0 unspecified atom stereocenters. The normalized spacial score (nSPS) is 16.1. The number of nitrogens with one attached hydrogen (secondary N) is 1. The van der Waals surface area contributed by atoms with Crippen LogP contribution < -0.4 is 10.2 Å². The number of para-hydroxylation sites is 1. The summed E-state index contributed by atoms with van der Waals surface area (Å²) in [5.41, 5.74) is 3.81. The summed E-state index contributed by atoms with van der Waals surface area (Å²) < 4.78 is 0. The molecule has 4 nitrogen and oxygen atoms in total. The van der Waals surface area contributed by atoms with Crippen LogP contribution in [0, 0.1) is 0 Å². The number of amides is 2. The maximum Gasteiger partial charge on any atom is 0.247 e. The van der Waals surface area contributed by atoms with Crippen molar-refractivity contribution in [2.45, 2.75) is 32.7 Å². The second-order valence-electron chi connectivity index (χ2n) is 5.78. The monoisotopic (exact) mass is 308 g/mol. The van der Waals surface area contributed by atoms with Gasteiger partial charge < -0.3 is 5.32 Å². The average molecular weight is 308 g/mol. The van der Waals surface area contributed by atoms with E-state index in [4.69, 9.17) is 0 Å². The van der Waals surface area contributed by atoms with Gasteiger partial charge in [0.25, 0.3) is 0 Å². The molecule has 2 aromatic carbocycles. The summed E-state index contributed by atoms with van der Waals surface area (Å²) in [6.45, 7) is 3.58. The first-order valence-corrected chi connectivity index (χ1v) is 7.87. The van der Waals surface area contributed by atoms with Crippen molar-refractivity contribution in [1.29, 1.82) is 0 Å². The molecule has 1 N–H and O–H groups in total. The van der Waals surface area contributed by atoms with Crippen LogP contribution in [0.3, 0.4) is 0 Å². The van der Waals surface area contributed by atoms with Gasteiger partial charge >= 0.3 is 0 Å². The van der Waals surface area contributed by atoms with Gasteiger partial charge in [0.2, 0.25) is 11.8 Å². The summed E-state index contributed by atoms with van der Waals surface area (Å²) in [4.78, 5) is 26.3. The van der Waals surface area contributed by atoms with Crippen molar-refractivity contribution in [3.63, 3.8) is 0 Å². The smallest absolute Gasteiger partial charge is 0.247 e. The van der Waals surface area contributed by atoms with Crippen molar-refractivity contribution in [2.24, 2.45) is 0 Å². The molecule has 2 aromatic rings. The van der Waals surface area contributed by atoms with Crippen molar-refractivity contribution in [1.82, 2.24) is 0 Å². The van der Waals surface area contributed by atoms with E-state index in [1.807, 2.05) is 48.5 Å². The minimum Gasteiger partial charge on any atom is -0.324 e. The van der Waals surface area contributed by atoms with Gasteiger partial charge in [0, 0.05) is 24.7 Å². The van der Waals surface area contributed by atoms with Crippen LogP contribution in [0.2, 0.25) is 0 Å². The highest BCUT2D eigenvalue weighted by atomic mass is 16.2. The lowest BCUT2D eigenvalue weighted by molar-refractivity contribution is -0.122. The summed E-state index contributed by atoms with van der Waals surface area (Å²) in [5, 5.41) is 2.95. The topological polar surface area (TPSA) is 49.4 Å². The molecular weight excluding hydrogens is 288 g/mol. The number of anilines is 2. The first-order chi connectivity index (χ1) is 11.1. The molecule has 118 valence electrons. The van der Waals surface area contributed by atoms with E-state index < -0.39 is 6.04 Å². The fourth-order valence-corrected chi connectivity index (χ4v) is 3.08. The largest absolute Gasteiger partial charge is 0.324 e. The molecule has 0 bridgehead atoms. The van der Waals surface area contributed by atoms with Gasteiger partial charge in [-0.2, -0.15) is 0 Å². The lowest BCUT2D eigenvalue weighted by atomic mass is 10.1. The molecule has 0 radical (unpaired) electrons. The quantitative estimate of drug-likeness (QED) is 0.947. The minimum atomic E-state index is -0.491. The summed E-state index contributed by atoms with van der Waals surface area (Å²) in [6.07, 6.45) is 1.47. The highest BCUT2D eigenvalue weighted by molar-refractivity contribution is 6.06. The van der Waals surface area contributed by atoms with Gasteiger partial charge in [0.1, 0.15) is 6.04 Å². The second kappa shape index (κ2) is 6.24. The molecule has 1 aliphatic rings. The van der Waals surface area contributed by atoms with Crippen LogP contribution in [0.5, 0.6) is 0 Å². The number of nitrogens with zero attached hydrogens (tertiary/aromatic N) is 1. The lowest BCUT2D eigenvalue weighted by Gasteiger charge is -2.23. The molecule has 3 rings (SSSR count). The Balaban J connectivity index is 1.83. The molecule has 4 heteroatoms. The summed E-state index contributed by atoms with van der Waals surface area (Å²) in [5.74, 6) is -0.262. The number of aryl methyl sites for hydroxylation is 1. The number of carbonyl (C=O) groups is 2. The fraction of sp³-hybridized carbons (Fsp3) is 0.263. The SMILES string of the molecule is CCc1cccc(NC(=O)[C@H]2Cc3ccccc3N2C(C)=O)c1. The van der Waals surface area contributed by atoms with Crippen molar-refractivity contribution in [3.05, 3.63) is 59.7 Å². The van der Waals surface area contributed by atoms with Crippen LogP contribution in [-0.2, 0) is 22.4 Å². The molecule has 0 saturated heterocycles. The molecule has 1 aliphatic heterocycles. The van der Waals surface area contributed by atoms with Gasteiger partial charge in [-0.15, -0.1) is 0 Å². The van der Waals surface area contributed by atoms with Crippen LogP contribution in [0.15, 0.2) is 48.5 Å². The van der Waals surface area contributed by atoms with Crippen molar-refractivity contribution >= 4 is 23.2 Å². The molecular formula is C19H20N2O2. The van der Waals surface area contributed by atoms with Gasteiger partial charge in [-0.3, -0.25) is 14.5 Å². The number of rotatable bonds is 3. The van der Waals surface area contributed by atoms with Crippen LogP contribution in [0.1, 0.15) is 25.0 Å². The highest BCUT2D eigenvalue weighted by Crippen LogP contribution is 2.32. The summed E-state index contributed by atoms with van der Waals surface area (Å²) >= 11 is 0. The van der Waals surface area contributed by atoms with E-state index in [-0.39, 0.29) is 11.8 Å². The molecule has 2 amide bonds. The van der Waals surface area contributed by atoms with Crippen molar-refractivity contribution in [3.8, 4) is 0 Å². The maximum atomic E-state index is 12.7. The molecule has 0 saturated carbocycles. The zero-order chi connectivity index (χ0) is 16.4. The molecule has 1 heterocycles. The van der Waals surface area contributed by atoms with Crippen LogP contribution >= 0.6 is 0 Å². The summed E-state index contributed by atoms with van der Waals surface area (Å²) in [7, 11) is 0. The summed E-state index contributed by atoms with van der Waals surface area (Å²) in [6, 6.07) is 15.0. The molecule has 0 aromatic heterocycles. The van der Waals surface area contributed by atoms with Gasteiger partial charge in [-0.25, -0.2) is 0 Å². The Morgan fingerprint density at radius 2 is 1.96 bits per heavy atom. The zero-order valence-corrected chi connectivity index (χ0v) is 13.4. The van der Waals surface area contributed by atoms with E-state index in [1.54, 1.807) is 4.90 Å². The number of hydrogen-bond donors (Lipinski definition) is 1. The van der Waals surface area contributed by atoms with Gasteiger partial charge in [0.05, 0.1) is 0 Å². The van der Waals surface area contributed by atoms with Crippen molar-refractivity contribution < 1.29 is 9.59 Å². The van der Waals surface area contributed by atoms with Crippen LogP contribution in [0.25, 0.3) is 0 Å². The standard InChI is InChI=1S/C19H20N2O2/c1-3-14-7-6-9-16(11-14)20-19(23)18-12-15-8-4-5-10-17(15)21(18)13(2)22/h4-11,18H,3,12H2,1-2H3,(H,20,23)/t18-/m1/s1. The van der Waals surface area contributed by atoms with Crippen LogP contribution in [0.4, 0.5) is 11.4 Å². The Morgan fingerprint density at radius 3 is 2.70 bits per heavy atom. The third kappa shape index (κ3) is 2.97. The van der Waals surface area contributed by atoms with Gasteiger partial charge in [-0.05, 0) is 35.7 Å². The number of fused-ring (bicyclic) bond motifs is 1. The van der Waals surface area contributed by atoms with E-state index >= 15 is 0 Å². The Hall–Kier alpha value is -2.62. The van der Waals surface area contributed by atoms with E-state index in [1.165, 1.54) is 12.5 Å². The maximum absolute atomic E-state index is 12.7. The predicted molar refractivity (Wildman–Crippen MR) is 91.5 cm³/mol. The van der Waals surface area contributed by atoms with Crippen molar-refractivity contribution in [2.75, 3.05) is 10.2 Å². The molecule has 0 spiro atoms. The first kappa shape index (κ1) is 15.3. The van der Waals surface area contributed by atoms with E-state index in [0.717, 1.165) is 23.4 Å². The van der Waals surface area contributed by atoms with E-state index in [0.29, 0.717) is 6.42 Å². The highest BCUT2D eigenvalue weighted by Gasteiger charge is 2.36. The number of carbonyl (C=O) groups excluding carboxylic acids is 2. The first-order valence-electron chi connectivity index (χ1n) is 7.87. The van der Waals surface area contributed by atoms with Gasteiger partial charge in [-0.1, -0.05) is 37.3 Å². The molecule has 0 fully saturated rings. The Bertz CT molecular complexity index is 755. The minimum absolute atomic E-state index is 0.114. The number of benzene rings is 2. The Labute approximate surface area is 136 Å². The molecule has 23 heavy (non-hydrogen) atoms. The molecule has 1 atom stereocenters. The third-order valence-electron chi connectivity index (χ3n) is 4.22. The fourth-order valence-electron chi connectivity index (χ4n) is 3.08. The molecule has 0 aliphatic carbocycles. The second-order valence-corrected chi connectivity index (χ2v) is 5.78.